The Hall–Kier alpha value is -0.920. The Labute approximate surface area is 114 Å². The first kappa shape index (κ1) is 14.5. The summed E-state index contributed by atoms with van der Waals surface area (Å²) in [4.78, 5) is 3.98. The molecule has 1 heterocycles. The van der Waals surface area contributed by atoms with Crippen LogP contribution in [0.25, 0.3) is 0 Å². The molecule has 0 spiro atoms. The van der Waals surface area contributed by atoms with Gasteiger partial charge in [0.1, 0.15) is 0 Å². The van der Waals surface area contributed by atoms with E-state index in [1.807, 2.05) is 0 Å². The molecule has 1 atom stereocenters. The van der Waals surface area contributed by atoms with E-state index in [1.54, 1.807) is 17.1 Å². The van der Waals surface area contributed by atoms with E-state index >= 15 is 0 Å². The highest BCUT2D eigenvalue weighted by Gasteiger charge is 2.34. The maximum atomic E-state index is 12.2. The van der Waals surface area contributed by atoms with Gasteiger partial charge < -0.3 is 10.3 Å². The number of hydrogen-bond acceptors (Lipinski definition) is 4. The quantitative estimate of drug-likeness (QED) is 0.766. The first-order chi connectivity index (χ1) is 8.92. The zero-order valence-corrected chi connectivity index (χ0v) is 12.2. The summed E-state index contributed by atoms with van der Waals surface area (Å²) in [6.07, 6.45) is 5.23. The van der Waals surface area contributed by atoms with Crippen molar-refractivity contribution in [2.24, 2.45) is 17.6 Å². The van der Waals surface area contributed by atoms with Crippen molar-refractivity contribution >= 4 is 10.0 Å². The zero-order chi connectivity index (χ0) is 14.0. The van der Waals surface area contributed by atoms with Crippen molar-refractivity contribution in [3.63, 3.8) is 0 Å². The van der Waals surface area contributed by atoms with Crippen LogP contribution in [0.15, 0.2) is 17.6 Å². The molecule has 1 aromatic rings. The van der Waals surface area contributed by atoms with Crippen LogP contribution in [0.2, 0.25) is 0 Å². The lowest BCUT2D eigenvalue weighted by Gasteiger charge is -2.14. The van der Waals surface area contributed by atoms with Gasteiger partial charge in [0, 0.05) is 25.3 Å². The molecule has 0 aliphatic heterocycles. The van der Waals surface area contributed by atoms with Crippen molar-refractivity contribution in [3.05, 3.63) is 12.5 Å². The van der Waals surface area contributed by atoms with Gasteiger partial charge in [-0.2, -0.15) is 0 Å². The normalized spacial score (nSPS) is 17.9. The molecule has 2 rings (SSSR count). The molecule has 1 saturated carbocycles. The topological polar surface area (TPSA) is 90.0 Å². The van der Waals surface area contributed by atoms with Gasteiger partial charge in [0.25, 0.3) is 10.0 Å². The van der Waals surface area contributed by atoms with Crippen molar-refractivity contribution < 1.29 is 8.42 Å². The molecule has 0 amide bonds. The molecule has 6 nitrogen and oxygen atoms in total. The summed E-state index contributed by atoms with van der Waals surface area (Å²) in [5, 5.41) is 0.0762. The third kappa shape index (κ3) is 3.77. The Bertz CT molecular complexity index is 520. The van der Waals surface area contributed by atoms with Crippen LogP contribution in [0, 0.1) is 11.8 Å². The molecule has 0 bridgehead atoms. The second kappa shape index (κ2) is 5.60. The zero-order valence-electron chi connectivity index (χ0n) is 11.4. The Kier molecular flexibility index (Phi) is 4.27. The van der Waals surface area contributed by atoms with Crippen LogP contribution in [0.3, 0.4) is 0 Å². The third-order valence-electron chi connectivity index (χ3n) is 3.21. The van der Waals surface area contributed by atoms with Gasteiger partial charge in [-0.3, -0.25) is 0 Å². The predicted octanol–water partition coefficient (Wildman–Crippen LogP) is 0.555. The highest BCUT2D eigenvalue weighted by Crippen LogP contribution is 2.32. The molecule has 1 aliphatic rings. The monoisotopic (exact) mass is 286 g/mol. The van der Waals surface area contributed by atoms with Crippen LogP contribution in [-0.2, 0) is 16.6 Å². The van der Waals surface area contributed by atoms with E-state index in [9.17, 15) is 8.42 Å². The molecular formula is C12H22N4O2S. The van der Waals surface area contributed by atoms with Gasteiger partial charge in [0.2, 0.25) is 0 Å². The van der Waals surface area contributed by atoms with Gasteiger partial charge in [0.05, 0.1) is 6.33 Å². The number of rotatable bonds is 7. The van der Waals surface area contributed by atoms with E-state index in [4.69, 9.17) is 5.73 Å². The molecule has 3 N–H and O–H groups in total. The minimum absolute atomic E-state index is 0.0762. The minimum Gasteiger partial charge on any atom is -0.336 e. The van der Waals surface area contributed by atoms with E-state index in [0.29, 0.717) is 18.4 Å². The van der Waals surface area contributed by atoms with E-state index in [0.717, 1.165) is 19.4 Å². The molecule has 0 aromatic carbocycles. The van der Waals surface area contributed by atoms with Crippen LogP contribution in [0.5, 0.6) is 0 Å². The van der Waals surface area contributed by atoms with Crippen LogP contribution in [0.1, 0.15) is 26.7 Å². The molecule has 0 saturated heterocycles. The molecule has 1 aromatic heterocycles. The minimum atomic E-state index is -3.55. The molecule has 0 radical (unpaired) electrons. The predicted molar refractivity (Wildman–Crippen MR) is 73.0 cm³/mol. The summed E-state index contributed by atoms with van der Waals surface area (Å²) < 4.78 is 28.8. The van der Waals surface area contributed by atoms with E-state index in [1.165, 1.54) is 0 Å². The standard InChI is InChI=1S/C12H22N4O2S/c1-9(2)6-16-7-12(14-8-16)19(17,18)15-11(5-13)10-3-4-10/h7-11,15H,3-6,13H2,1-2H3. The summed E-state index contributed by atoms with van der Waals surface area (Å²) in [6.45, 7) is 5.23. The van der Waals surface area contributed by atoms with E-state index < -0.39 is 10.0 Å². The summed E-state index contributed by atoms with van der Waals surface area (Å²) in [6, 6.07) is -0.166. The largest absolute Gasteiger partial charge is 0.336 e. The number of hydrogen-bond donors (Lipinski definition) is 2. The van der Waals surface area contributed by atoms with Crippen LogP contribution < -0.4 is 10.5 Å². The molecule has 1 aliphatic carbocycles. The summed E-state index contributed by atoms with van der Waals surface area (Å²) in [7, 11) is -3.55. The fourth-order valence-corrected chi connectivity index (χ4v) is 3.36. The lowest BCUT2D eigenvalue weighted by molar-refractivity contribution is 0.514. The van der Waals surface area contributed by atoms with Gasteiger partial charge in [-0.15, -0.1) is 0 Å². The van der Waals surface area contributed by atoms with Crippen LogP contribution in [-0.4, -0.2) is 30.6 Å². The van der Waals surface area contributed by atoms with E-state index in [2.05, 4.69) is 23.6 Å². The number of nitrogens with zero attached hydrogens (tertiary/aromatic N) is 2. The van der Waals surface area contributed by atoms with Crippen molar-refractivity contribution in [3.8, 4) is 0 Å². The Morgan fingerprint density at radius 2 is 2.21 bits per heavy atom. The van der Waals surface area contributed by atoms with Crippen molar-refractivity contribution in [2.45, 2.75) is 44.3 Å². The maximum absolute atomic E-state index is 12.2. The van der Waals surface area contributed by atoms with Crippen LogP contribution >= 0.6 is 0 Å². The van der Waals surface area contributed by atoms with Gasteiger partial charge in [-0.1, -0.05) is 13.8 Å². The lowest BCUT2D eigenvalue weighted by atomic mass is 10.2. The van der Waals surface area contributed by atoms with Gasteiger partial charge in [0.15, 0.2) is 5.03 Å². The average Bonchev–Trinajstić information content (AvgIpc) is 3.06. The fraction of sp³-hybridized carbons (Fsp3) is 0.750. The number of nitrogens with one attached hydrogen (secondary N) is 1. The Morgan fingerprint density at radius 1 is 1.53 bits per heavy atom. The maximum Gasteiger partial charge on any atom is 0.259 e. The number of nitrogens with two attached hydrogens (primary N) is 1. The van der Waals surface area contributed by atoms with Gasteiger partial charge in [-0.05, 0) is 24.7 Å². The first-order valence-electron chi connectivity index (χ1n) is 6.66. The molecule has 1 unspecified atom stereocenters. The SMILES string of the molecule is CC(C)Cn1cnc(S(=O)(=O)NC(CN)C2CC2)c1. The summed E-state index contributed by atoms with van der Waals surface area (Å²) in [5.41, 5.74) is 5.62. The van der Waals surface area contributed by atoms with E-state index in [-0.39, 0.29) is 11.1 Å². The van der Waals surface area contributed by atoms with Gasteiger partial charge in [-0.25, -0.2) is 18.1 Å². The first-order valence-corrected chi connectivity index (χ1v) is 8.15. The van der Waals surface area contributed by atoms with Crippen molar-refractivity contribution in [2.75, 3.05) is 6.54 Å². The van der Waals surface area contributed by atoms with Crippen molar-refractivity contribution in [1.29, 1.82) is 0 Å². The molecule has 7 heteroatoms. The molecule has 108 valence electrons. The number of sulfonamides is 1. The summed E-state index contributed by atoms with van der Waals surface area (Å²) in [5.74, 6) is 0.832. The smallest absolute Gasteiger partial charge is 0.259 e. The van der Waals surface area contributed by atoms with Crippen LogP contribution in [0.4, 0.5) is 0 Å². The second-order valence-electron chi connectivity index (χ2n) is 5.60. The highest BCUT2D eigenvalue weighted by molar-refractivity contribution is 7.89. The second-order valence-corrected chi connectivity index (χ2v) is 7.26. The Morgan fingerprint density at radius 3 is 2.74 bits per heavy atom. The summed E-state index contributed by atoms with van der Waals surface area (Å²) >= 11 is 0. The lowest BCUT2D eigenvalue weighted by Crippen LogP contribution is -2.41. The van der Waals surface area contributed by atoms with Crippen molar-refractivity contribution in [1.82, 2.24) is 14.3 Å². The number of aromatic nitrogens is 2. The molecule has 1 fully saturated rings. The third-order valence-corrected chi connectivity index (χ3v) is 4.59. The molecule has 19 heavy (non-hydrogen) atoms. The fourth-order valence-electron chi connectivity index (χ4n) is 2.09. The average molecular weight is 286 g/mol. The Balaban J connectivity index is 2.08. The van der Waals surface area contributed by atoms with Gasteiger partial charge >= 0.3 is 0 Å². The number of imidazole rings is 1. The highest BCUT2D eigenvalue weighted by atomic mass is 32.2. The molecular weight excluding hydrogens is 264 g/mol.